The highest BCUT2D eigenvalue weighted by atomic mass is 16.5. The summed E-state index contributed by atoms with van der Waals surface area (Å²) in [4.78, 5) is 21.4. The van der Waals surface area contributed by atoms with Gasteiger partial charge in [0.2, 0.25) is 5.95 Å². The molecule has 0 bridgehead atoms. The number of carbonyl (C=O) groups is 1. The summed E-state index contributed by atoms with van der Waals surface area (Å²) in [5.74, 6) is 1.64. The monoisotopic (exact) mass is 450 g/mol. The Balaban J connectivity index is 1.41. The van der Waals surface area contributed by atoms with Crippen molar-refractivity contribution in [2.75, 3.05) is 23.1 Å². The second kappa shape index (κ2) is 10.1. The maximum absolute atomic E-state index is 12.4. The maximum atomic E-state index is 12.4. The van der Waals surface area contributed by atoms with Gasteiger partial charge in [0, 0.05) is 34.4 Å². The number of ether oxygens (including phenoxy) is 1. The van der Waals surface area contributed by atoms with Gasteiger partial charge < -0.3 is 20.7 Å². The highest BCUT2D eigenvalue weighted by molar-refractivity contribution is 6.04. The maximum Gasteiger partial charge on any atom is 0.255 e. The summed E-state index contributed by atoms with van der Waals surface area (Å²) >= 11 is 0. The largest absolute Gasteiger partial charge is 0.497 e. The zero-order valence-electron chi connectivity index (χ0n) is 18.7. The van der Waals surface area contributed by atoms with Crippen LogP contribution in [0.1, 0.15) is 21.6 Å². The number of hydrogen-bond acceptors (Lipinski definition) is 7. The Bertz CT molecular complexity index is 1330. The predicted octanol–water partition coefficient (Wildman–Crippen LogP) is 5.40. The minimum absolute atomic E-state index is 0.249. The lowest BCUT2D eigenvalue weighted by molar-refractivity contribution is 0.102. The topological polar surface area (TPSA) is 112 Å². The summed E-state index contributed by atoms with van der Waals surface area (Å²) in [6.07, 6.45) is 0. The van der Waals surface area contributed by atoms with Gasteiger partial charge in [-0.05, 0) is 79.7 Å². The number of benzene rings is 3. The minimum atomic E-state index is -0.249. The van der Waals surface area contributed by atoms with Gasteiger partial charge in [0.1, 0.15) is 11.6 Å². The molecule has 0 unspecified atom stereocenters. The summed E-state index contributed by atoms with van der Waals surface area (Å²) in [5.41, 5.74) is 4.09. The molecule has 0 fully saturated rings. The van der Waals surface area contributed by atoms with E-state index in [1.54, 1.807) is 43.5 Å². The van der Waals surface area contributed by atoms with E-state index in [-0.39, 0.29) is 5.91 Å². The molecule has 0 aliphatic rings. The molecule has 8 nitrogen and oxygen atoms in total. The van der Waals surface area contributed by atoms with Gasteiger partial charge in [0.05, 0.1) is 18.7 Å². The van der Waals surface area contributed by atoms with Gasteiger partial charge in [-0.1, -0.05) is 0 Å². The van der Waals surface area contributed by atoms with Crippen molar-refractivity contribution >= 4 is 34.7 Å². The zero-order chi connectivity index (χ0) is 23.9. The second-order valence-corrected chi connectivity index (χ2v) is 7.42. The van der Waals surface area contributed by atoms with Crippen LogP contribution >= 0.6 is 0 Å². The van der Waals surface area contributed by atoms with E-state index >= 15 is 0 Å². The fraction of sp³-hybridized carbons (Fsp3) is 0.0769. The Labute approximate surface area is 197 Å². The fourth-order valence-electron chi connectivity index (χ4n) is 3.18. The lowest BCUT2D eigenvalue weighted by atomic mass is 10.1. The van der Waals surface area contributed by atoms with Crippen molar-refractivity contribution < 1.29 is 9.53 Å². The first-order valence-electron chi connectivity index (χ1n) is 10.5. The standard InChI is InChI=1S/C26H22N6O2/c1-17-15-24(29-20-11-13-23(34-2)14-12-20)32-26(28-17)31-22-9-7-21(8-10-22)30-25(33)19-5-3-18(16-27)4-6-19/h3-15H,1-2H3,(H,30,33)(H2,28,29,31,32). The number of amides is 1. The number of nitriles is 1. The van der Waals surface area contributed by atoms with Gasteiger partial charge in [-0.3, -0.25) is 4.79 Å². The molecular formula is C26H22N6O2. The molecule has 0 saturated carbocycles. The van der Waals surface area contributed by atoms with E-state index in [2.05, 4.69) is 25.9 Å². The van der Waals surface area contributed by atoms with Crippen LogP contribution in [0.3, 0.4) is 0 Å². The summed E-state index contributed by atoms with van der Waals surface area (Å²) in [7, 11) is 1.63. The molecule has 0 aliphatic heterocycles. The minimum Gasteiger partial charge on any atom is -0.497 e. The number of aryl methyl sites for hydroxylation is 1. The Morgan fingerprint density at radius 3 is 2.12 bits per heavy atom. The van der Waals surface area contributed by atoms with E-state index < -0.39 is 0 Å². The third kappa shape index (κ3) is 5.66. The van der Waals surface area contributed by atoms with Gasteiger partial charge in [0.25, 0.3) is 5.91 Å². The van der Waals surface area contributed by atoms with Crippen LogP contribution in [0.15, 0.2) is 78.9 Å². The van der Waals surface area contributed by atoms with Crippen molar-refractivity contribution in [3.05, 3.63) is 95.7 Å². The first kappa shape index (κ1) is 22.3. The van der Waals surface area contributed by atoms with Crippen molar-refractivity contribution in [2.24, 2.45) is 0 Å². The predicted molar refractivity (Wildman–Crippen MR) is 132 cm³/mol. The van der Waals surface area contributed by atoms with Crippen LogP contribution in [0, 0.1) is 18.3 Å². The van der Waals surface area contributed by atoms with E-state index in [1.165, 1.54) is 0 Å². The molecule has 4 aromatic rings. The van der Waals surface area contributed by atoms with Crippen molar-refractivity contribution in [1.29, 1.82) is 5.26 Å². The number of carbonyl (C=O) groups excluding carboxylic acids is 1. The Hall–Kier alpha value is -4.90. The molecule has 0 saturated heterocycles. The van der Waals surface area contributed by atoms with E-state index in [9.17, 15) is 4.79 Å². The molecule has 0 aliphatic carbocycles. The zero-order valence-corrected chi connectivity index (χ0v) is 18.7. The fourth-order valence-corrected chi connectivity index (χ4v) is 3.18. The van der Waals surface area contributed by atoms with Crippen LogP contribution in [0.5, 0.6) is 5.75 Å². The molecule has 168 valence electrons. The highest BCUT2D eigenvalue weighted by Crippen LogP contribution is 2.22. The average molecular weight is 451 g/mol. The van der Waals surface area contributed by atoms with Crippen LogP contribution < -0.4 is 20.7 Å². The van der Waals surface area contributed by atoms with E-state index in [0.717, 1.165) is 22.8 Å². The third-order valence-electron chi connectivity index (χ3n) is 4.89. The average Bonchev–Trinajstić information content (AvgIpc) is 2.85. The number of methoxy groups -OCH3 is 1. The van der Waals surface area contributed by atoms with Crippen LogP contribution in [0.25, 0.3) is 0 Å². The third-order valence-corrected chi connectivity index (χ3v) is 4.89. The van der Waals surface area contributed by atoms with Crippen molar-refractivity contribution in [3.8, 4) is 11.8 Å². The summed E-state index contributed by atoms with van der Waals surface area (Å²) in [5, 5.41) is 18.2. The summed E-state index contributed by atoms with van der Waals surface area (Å²) < 4.78 is 5.19. The van der Waals surface area contributed by atoms with Crippen LogP contribution in [-0.4, -0.2) is 23.0 Å². The van der Waals surface area contributed by atoms with Gasteiger partial charge in [-0.25, -0.2) is 4.98 Å². The summed E-state index contributed by atoms with van der Waals surface area (Å²) in [6, 6.07) is 25.2. The Morgan fingerprint density at radius 1 is 0.853 bits per heavy atom. The lowest BCUT2D eigenvalue weighted by Gasteiger charge is -2.11. The highest BCUT2D eigenvalue weighted by Gasteiger charge is 2.07. The summed E-state index contributed by atoms with van der Waals surface area (Å²) in [6.45, 7) is 1.90. The van der Waals surface area contributed by atoms with Gasteiger partial charge >= 0.3 is 0 Å². The second-order valence-electron chi connectivity index (χ2n) is 7.42. The molecule has 3 N–H and O–H groups in total. The molecule has 34 heavy (non-hydrogen) atoms. The first-order chi connectivity index (χ1) is 16.5. The van der Waals surface area contributed by atoms with Gasteiger partial charge in [-0.15, -0.1) is 0 Å². The molecule has 3 aromatic carbocycles. The van der Waals surface area contributed by atoms with Gasteiger partial charge in [-0.2, -0.15) is 10.2 Å². The number of rotatable bonds is 7. The quantitative estimate of drug-likeness (QED) is 0.345. The van der Waals surface area contributed by atoms with Crippen molar-refractivity contribution in [2.45, 2.75) is 6.92 Å². The van der Waals surface area contributed by atoms with Crippen molar-refractivity contribution in [3.63, 3.8) is 0 Å². The Kier molecular flexibility index (Phi) is 6.65. The van der Waals surface area contributed by atoms with Crippen molar-refractivity contribution in [1.82, 2.24) is 9.97 Å². The van der Waals surface area contributed by atoms with Crippen LogP contribution in [0.4, 0.5) is 28.8 Å². The number of hydrogen-bond donors (Lipinski definition) is 3. The first-order valence-corrected chi connectivity index (χ1v) is 10.5. The molecule has 1 amide bonds. The van der Waals surface area contributed by atoms with E-state index in [1.807, 2.05) is 55.5 Å². The Morgan fingerprint density at radius 2 is 1.47 bits per heavy atom. The molecule has 4 rings (SSSR count). The molecule has 0 atom stereocenters. The number of aromatic nitrogens is 2. The number of anilines is 5. The normalized spacial score (nSPS) is 10.1. The van der Waals surface area contributed by atoms with Crippen LogP contribution in [0.2, 0.25) is 0 Å². The molecule has 8 heteroatoms. The van der Waals surface area contributed by atoms with Crippen LogP contribution in [-0.2, 0) is 0 Å². The smallest absolute Gasteiger partial charge is 0.255 e. The van der Waals surface area contributed by atoms with Gasteiger partial charge in [0.15, 0.2) is 0 Å². The molecule has 0 radical (unpaired) electrons. The molecule has 1 heterocycles. The molecular weight excluding hydrogens is 428 g/mol. The SMILES string of the molecule is COc1ccc(Nc2cc(C)nc(Nc3ccc(NC(=O)c4ccc(C#N)cc4)cc3)n2)cc1. The molecule has 1 aromatic heterocycles. The molecule has 0 spiro atoms. The number of nitrogens with zero attached hydrogens (tertiary/aromatic N) is 3. The van der Waals surface area contributed by atoms with E-state index in [0.29, 0.717) is 28.6 Å². The van der Waals surface area contributed by atoms with E-state index in [4.69, 9.17) is 10.00 Å². The number of nitrogens with one attached hydrogen (secondary N) is 3. The lowest BCUT2D eigenvalue weighted by Crippen LogP contribution is -2.11.